The predicted octanol–water partition coefficient (Wildman–Crippen LogP) is 1.31. The summed E-state index contributed by atoms with van der Waals surface area (Å²) in [7, 11) is 0. The van der Waals surface area contributed by atoms with Gasteiger partial charge in [0.2, 0.25) is 0 Å². The molecule has 3 N–H and O–H groups in total. The maximum absolute atomic E-state index is 11.5. The summed E-state index contributed by atoms with van der Waals surface area (Å²) in [5, 5.41) is 8.93. The quantitative estimate of drug-likeness (QED) is 0.454. The van der Waals surface area contributed by atoms with Crippen LogP contribution in [0.3, 0.4) is 0 Å². The van der Waals surface area contributed by atoms with Gasteiger partial charge in [-0.3, -0.25) is 4.79 Å². The van der Waals surface area contributed by atoms with Crippen molar-refractivity contribution >= 4 is 11.8 Å². The van der Waals surface area contributed by atoms with Gasteiger partial charge in [0, 0.05) is 0 Å². The monoisotopic (exact) mass is 221 g/mol. The molecule has 0 atom stereocenters. The van der Waals surface area contributed by atoms with Gasteiger partial charge in [0.1, 0.15) is 5.56 Å². The lowest BCUT2D eigenvalue weighted by molar-refractivity contribution is 0.0692. The first-order chi connectivity index (χ1) is 7.51. The van der Waals surface area contributed by atoms with Crippen LogP contribution in [-0.2, 0) is 0 Å². The van der Waals surface area contributed by atoms with Crippen LogP contribution in [-0.4, -0.2) is 16.9 Å². The van der Waals surface area contributed by atoms with Crippen molar-refractivity contribution in [2.45, 2.75) is 6.92 Å². The van der Waals surface area contributed by atoms with Gasteiger partial charge in [-0.1, -0.05) is 6.58 Å². The van der Waals surface area contributed by atoms with E-state index in [1.54, 1.807) is 6.92 Å². The average Bonchev–Trinajstić information content (AvgIpc) is 2.26. The summed E-state index contributed by atoms with van der Waals surface area (Å²) in [5.41, 5.74) is 0.575. The molecule has 1 aromatic rings. The number of carboxylic acids is 1. The Labute approximate surface area is 92.1 Å². The van der Waals surface area contributed by atoms with Gasteiger partial charge in [-0.15, -0.1) is 0 Å². The lowest BCUT2D eigenvalue weighted by atomic mass is 10.0. The first-order valence-corrected chi connectivity index (χ1v) is 4.42. The van der Waals surface area contributed by atoms with E-state index in [0.717, 1.165) is 6.08 Å². The number of carbonyl (C=O) groups is 2. The van der Waals surface area contributed by atoms with E-state index in [1.807, 2.05) is 0 Å². The molecule has 5 heteroatoms. The SMILES string of the molecule is C=CC(=O)c1cc(C)cc(C(=O)O)c1ON. The highest BCUT2D eigenvalue weighted by atomic mass is 16.6. The molecule has 0 unspecified atom stereocenters. The molecule has 1 aromatic carbocycles. The number of hydrogen-bond donors (Lipinski definition) is 2. The first kappa shape index (κ1) is 11.9. The number of nitrogens with two attached hydrogens (primary N) is 1. The Kier molecular flexibility index (Phi) is 3.42. The summed E-state index contributed by atoms with van der Waals surface area (Å²) >= 11 is 0. The molecule has 0 radical (unpaired) electrons. The topological polar surface area (TPSA) is 89.6 Å². The number of allylic oxidation sites excluding steroid dienone is 1. The highest BCUT2D eigenvalue weighted by molar-refractivity contribution is 6.08. The van der Waals surface area contributed by atoms with Crippen molar-refractivity contribution in [1.29, 1.82) is 0 Å². The average molecular weight is 221 g/mol. The lowest BCUT2D eigenvalue weighted by Gasteiger charge is -2.09. The zero-order valence-electron chi connectivity index (χ0n) is 8.69. The van der Waals surface area contributed by atoms with Crippen molar-refractivity contribution in [2.24, 2.45) is 5.90 Å². The van der Waals surface area contributed by atoms with E-state index >= 15 is 0 Å². The van der Waals surface area contributed by atoms with Gasteiger partial charge in [-0.25, -0.2) is 4.79 Å². The van der Waals surface area contributed by atoms with E-state index in [0.29, 0.717) is 5.56 Å². The molecule has 0 heterocycles. The number of hydrogen-bond acceptors (Lipinski definition) is 4. The fourth-order valence-corrected chi connectivity index (χ4v) is 1.35. The Bertz CT molecular complexity index is 465. The van der Waals surface area contributed by atoms with Crippen LogP contribution >= 0.6 is 0 Å². The Hall–Kier alpha value is -2.14. The third kappa shape index (κ3) is 2.09. The number of ketones is 1. The zero-order valence-corrected chi connectivity index (χ0v) is 8.69. The van der Waals surface area contributed by atoms with Crippen molar-refractivity contribution in [3.05, 3.63) is 41.5 Å². The molecule has 0 aliphatic carbocycles. The van der Waals surface area contributed by atoms with Crippen molar-refractivity contribution in [2.75, 3.05) is 0 Å². The standard InChI is InChI=1S/C11H11NO4/c1-3-9(13)7-4-6(2)5-8(11(14)15)10(7)16-12/h3-5H,1,12H2,2H3,(H,14,15). The van der Waals surface area contributed by atoms with Crippen molar-refractivity contribution in [1.82, 2.24) is 0 Å². The number of aromatic carboxylic acids is 1. The van der Waals surface area contributed by atoms with Crippen LogP contribution in [0.25, 0.3) is 0 Å². The Morgan fingerprint density at radius 3 is 2.44 bits per heavy atom. The van der Waals surface area contributed by atoms with Crippen LogP contribution in [0.15, 0.2) is 24.8 Å². The molecule has 1 rings (SSSR count). The molecule has 5 nitrogen and oxygen atoms in total. The van der Waals surface area contributed by atoms with Crippen LogP contribution in [0.2, 0.25) is 0 Å². The highest BCUT2D eigenvalue weighted by Crippen LogP contribution is 2.26. The molecule has 0 saturated carbocycles. The maximum Gasteiger partial charge on any atom is 0.339 e. The molecule has 0 bridgehead atoms. The third-order valence-electron chi connectivity index (χ3n) is 2.03. The molecule has 0 amide bonds. The van der Waals surface area contributed by atoms with Gasteiger partial charge in [-0.05, 0) is 30.7 Å². The highest BCUT2D eigenvalue weighted by Gasteiger charge is 2.19. The van der Waals surface area contributed by atoms with E-state index in [1.165, 1.54) is 12.1 Å². The summed E-state index contributed by atoms with van der Waals surface area (Å²) in [5.74, 6) is 3.19. The van der Waals surface area contributed by atoms with Crippen LogP contribution in [0, 0.1) is 6.92 Å². The summed E-state index contributed by atoms with van der Waals surface area (Å²) in [6, 6.07) is 2.88. The minimum absolute atomic E-state index is 0.0925. The van der Waals surface area contributed by atoms with E-state index in [-0.39, 0.29) is 16.9 Å². The molecule has 0 aliphatic heterocycles. The number of carbonyl (C=O) groups excluding carboxylic acids is 1. The van der Waals surface area contributed by atoms with Crippen molar-refractivity contribution in [3.63, 3.8) is 0 Å². The van der Waals surface area contributed by atoms with E-state index in [9.17, 15) is 9.59 Å². The fraction of sp³-hybridized carbons (Fsp3) is 0.0909. The third-order valence-corrected chi connectivity index (χ3v) is 2.03. The zero-order chi connectivity index (χ0) is 12.3. The summed E-state index contributed by atoms with van der Waals surface area (Å²) < 4.78 is 0. The molecule has 0 fully saturated rings. The second-order valence-electron chi connectivity index (χ2n) is 3.18. The van der Waals surface area contributed by atoms with Crippen LogP contribution in [0.4, 0.5) is 0 Å². The number of benzene rings is 1. The second-order valence-corrected chi connectivity index (χ2v) is 3.18. The summed E-state index contributed by atoms with van der Waals surface area (Å²) in [4.78, 5) is 26.9. The number of rotatable bonds is 4. The van der Waals surface area contributed by atoms with Gasteiger partial charge >= 0.3 is 5.97 Å². The van der Waals surface area contributed by atoms with Gasteiger partial charge in [0.05, 0.1) is 5.56 Å². The van der Waals surface area contributed by atoms with Crippen LogP contribution < -0.4 is 10.7 Å². The van der Waals surface area contributed by atoms with E-state index < -0.39 is 11.8 Å². The van der Waals surface area contributed by atoms with Crippen LogP contribution in [0.5, 0.6) is 5.75 Å². The largest absolute Gasteiger partial charge is 0.478 e. The summed E-state index contributed by atoms with van der Waals surface area (Å²) in [6.07, 6.45) is 1.07. The molecule has 0 aliphatic rings. The lowest BCUT2D eigenvalue weighted by Crippen LogP contribution is -2.13. The van der Waals surface area contributed by atoms with Crippen molar-refractivity contribution in [3.8, 4) is 5.75 Å². The Balaban J connectivity index is 3.53. The van der Waals surface area contributed by atoms with Crippen LogP contribution in [0.1, 0.15) is 26.3 Å². The fourth-order valence-electron chi connectivity index (χ4n) is 1.35. The molecule has 16 heavy (non-hydrogen) atoms. The molecule has 84 valence electrons. The van der Waals surface area contributed by atoms with E-state index in [2.05, 4.69) is 11.4 Å². The summed E-state index contributed by atoms with van der Waals surface area (Å²) in [6.45, 7) is 5.00. The Morgan fingerprint density at radius 1 is 1.44 bits per heavy atom. The predicted molar refractivity (Wildman–Crippen MR) is 57.5 cm³/mol. The Morgan fingerprint density at radius 2 is 2.00 bits per heavy atom. The van der Waals surface area contributed by atoms with Crippen molar-refractivity contribution < 1.29 is 19.5 Å². The van der Waals surface area contributed by atoms with Gasteiger partial charge in [-0.2, -0.15) is 5.90 Å². The molecule has 0 spiro atoms. The second kappa shape index (κ2) is 4.59. The first-order valence-electron chi connectivity index (χ1n) is 4.42. The van der Waals surface area contributed by atoms with Gasteiger partial charge in [0.25, 0.3) is 0 Å². The molecule has 0 saturated heterocycles. The smallest absolute Gasteiger partial charge is 0.339 e. The van der Waals surface area contributed by atoms with Gasteiger partial charge < -0.3 is 9.94 Å². The maximum atomic E-state index is 11.5. The molecular formula is C11H11NO4. The number of carboxylic acid groups (broad SMARTS) is 1. The van der Waals surface area contributed by atoms with Gasteiger partial charge in [0.15, 0.2) is 11.5 Å². The normalized spacial score (nSPS) is 9.62. The minimum Gasteiger partial charge on any atom is -0.478 e. The van der Waals surface area contributed by atoms with E-state index in [4.69, 9.17) is 11.0 Å². The number of aryl methyl sites for hydroxylation is 1. The minimum atomic E-state index is -1.21. The molecule has 0 aromatic heterocycles. The molecular weight excluding hydrogens is 210 g/mol.